The second-order valence-corrected chi connectivity index (χ2v) is 7.59. The summed E-state index contributed by atoms with van der Waals surface area (Å²) in [6, 6.07) is 0. The second-order valence-electron chi connectivity index (χ2n) is 3.25. The molecule has 0 spiro atoms. The van der Waals surface area contributed by atoms with Gasteiger partial charge in [0.05, 0.1) is 8.07 Å². The molecule has 0 unspecified atom stereocenters. The van der Waals surface area contributed by atoms with Crippen LogP contribution < -0.4 is 0 Å². The van der Waals surface area contributed by atoms with Crippen molar-refractivity contribution in [2.45, 2.75) is 26.9 Å². The fourth-order valence-corrected chi connectivity index (χ4v) is 2.41. The van der Waals surface area contributed by atoms with Crippen LogP contribution >= 0.6 is 0 Å². The molecule has 0 bridgehead atoms. The van der Waals surface area contributed by atoms with E-state index < -0.39 is 8.07 Å². The molecule has 0 nitrogen and oxygen atoms in total. The maximum absolute atomic E-state index is 3.80. The van der Waals surface area contributed by atoms with Gasteiger partial charge in [-0.25, -0.2) is 0 Å². The van der Waals surface area contributed by atoms with E-state index >= 15 is 0 Å². The van der Waals surface area contributed by atoms with Crippen molar-refractivity contribution in [1.29, 1.82) is 0 Å². The number of hydrogen-bond acceptors (Lipinski definition) is 0. The van der Waals surface area contributed by atoms with Crippen LogP contribution in [0.1, 0.15) is 13.8 Å². The van der Waals surface area contributed by atoms with E-state index in [9.17, 15) is 0 Å². The summed E-state index contributed by atoms with van der Waals surface area (Å²) in [6.45, 7) is 12.6. The van der Waals surface area contributed by atoms with E-state index in [0.717, 1.165) is 0 Å². The van der Waals surface area contributed by atoms with Gasteiger partial charge in [-0.15, -0.1) is 6.58 Å². The standard InChI is InChI=1S/C8H16Si.H4Si/c1-6-9(4,5)7-8(2)3;/h6-7H,1H2,2-5H3;1H4. The maximum atomic E-state index is 3.80. The molecule has 0 aliphatic heterocycles. The Balaban J connectivity index is 0. The molecule has 0 aromatic carbocycles. The molecule has 0 aliphatic carbocycles. The van der Waals surface area contributed by atoms with Crippen molar-refractivity contribution >= 4 is 19.0 Å². The summed E-state index contributed by atoms with van der Waals surface area (Å²) in [5, 5.41) is 0. The number of allylic oxidation sites excluding steroid dienone is 1. The second kappa shape index (κ2) is 4.69. The molecule has 0 aromatic heterocycles. The third-order valence-electron chi connectivity index (χ3n) is 1.19. The topological polar surface area (TPSA) is 0 Å². The van der Waals surface area contributed by atoms with Gasteiger partial charge >= 0.3 is 0 Å². The Morgan fingerprint density at radius 2 is 1.70 bits per heavy atom. The average molecular weight is 172 g/mol. The zero-order chi connectivity index (χ0) is 7.49. The first-order chi connectivity index (χ1) is 3.98. The first kappa shape index (κ1) is 12.6. The van der Waals surface area contributed by atoms with Gasteiger partial charge in [-0.05, 0) is 24.8 Å². The molecule has 0 aromatic rings. The molecule has 0 N–H and O–H groups in total. The third-order valence-corrected chi connectivity index (χ3v) is 3.56. The van der Waals surface area contributed by atoms with Crippen LogP contribution in [0.15, 0.2) is 23.6 Å². The van der Waals surface area contributed by atoms with Crippen molar-refractivity contribution in [1.82, 2.24) is 0 Å². The molecule has 60 valence electrons. The van der Waals surface area contributed by atoms with Crippen LogP contribution in [0.2, 0.25) is 13.1 Å². The van der Waals surface area contributed by atoms with Crippen molar-refractivity contribution in [3.8, 4) is 0 Å². The van der Waals surface area contributed by atoms with Crippen molar-refractivity contribution in [2.24, 2.45) is 0 Å². The molecule has 0 saturated carbocycles. The van der Waals surface area contributed by atoms with Crippen LogP contribution in [0.5, 0.6) is 0 Å². The Morgan fingerprint density at radius 1 is 1.30 bits per heavy atom. The molecular formula is C8H20Si2. The molecule has 0 amide bonds. The highest BCUT2D eigenvalue weighted by molar-refractivity contribution is 6.86. The van der Waals surface area contributed by atoms with Crippen LogP contribution in [0.25, 0.3) is 0 Å². The molecule has 2 heteroatoms. The normalized spacial score (nSPS) is 9.60. The highest BCUT2D eigenvalue weighted by Crippen LogP contribution is 2.07. The van der Waals surface area contributed by atoms with Crippen molar-refractivity contribution in [3.05, 3.63) is 23.6 Å². The SMILES string of the molecule is C=C[Si](C)(C)C=C(C)C.[SiH4]. The van der Waals surface area contributed by atoms with E-state index in [1.807, 2.05) is 0 Å². The average Bonchev–Trinajstić information content (AvgIpc) is 1.63. The minimum atomic E-state index is -1.14. The Morgan fingerprint density at radius 3 is 1.80 bits per heavy atom. The fourth-order valence-electron chi connectivity index (χ4n) is 0.803. The lowest BCUT2D eigenvalue weighted by Gasteiger charge is -2.10. The van der Waals surface area contributed by atoms with Gasteiger partial charge in [-0.1, -0.05) is 30.1 Å². The van der Waals surface area contributed by atoms with Crippen LogP contribution in [-0.4, -0.2) is 19.0 Å². The largest absolute Gasteiger partial charge is 0.107 e. The zero-order valence-corrected chi connectivity index (χ0v) is 7.86. The molecule has 10 heavy (non-hydrogen) atoms. The van der Waals surface area contributed by atoms with Gasteiger partial charge in [0.25, 0.3) is 0 Å². The van der Waals surface area contributed by atoms with Gasteiger partial charge in [-0.3, -0.25) is 0 Å². The van der Waals surface area contributed by atoms with Crippen LogP contribution in [-0.2, 0) is 0 Å². The van der Waals surface area contributed by atoms with Crippen LogP contribution in [0.4, 0.5) is 0 Å². The smallest absolute Gasteiger partial charge is 0.0947 e. The predicted octanol–water partition coefficient (Wildman–Crippen LogP) is 1.47. The summed E-state index contributed by atoms with van der Waals surface area (Å²) in [7, 11) is -1.14. The van der Waals surface area contributed by atoms with Crippen molar-refractivity contribution < 1.29 is 0 Å². The van der Waals surface area contributed by atoms with Crippen molar-refractivity contribution in [3.63, 3.8) is 0 Å². The predicted molar refractivity (Wildman–Crippen MR) is 58.4 cm³/mol. The van der Waals surface area contributed by atoms with Gasteiger partial charge in [0.2, 0.25) is 0 Å². The molecular weight excluding hydrogens is 152 g/mol. The lowest BCUT2D eigenvalue weighted by molar-refractivity contribution is 1.40. The monoisotopic (exact) mass is 172 g/mol. The first-order valence-electron chi connectivity index (χ1n) is 3.27. The van der Waals surface area contributed by atoms with E-state index in [0.29, 0.717) is 0 Å². The first-order valence-corrected chi connectivity index (χ1v) is 6.43. The van der Waals surface area contributed by atoms with Gasteiger partial charge in [0, 0.05) is 0 Å². The van der Waals surface area contributed by atoms with Crippen LogP contribution in [0.3, 0.4) is 0 Å². The number of hydrogen-bond donors (Lipinski definition) is 0. The summed E-state index contributed by atoms with van der Waals surface area (Å²) in [5.74, 6) is 0. The third kappa shape index (κ3) is 6.04. The van der Waals surface area contributed by atoms with E-state index in [2.05, 4.69) is 44.9 Å². The van der Waals surface area contributed by atoms with Gasteiger partial charge in [0.15, 0.2) is 0 Å². The Kier molecular flexibility index (Phi) is 5.89. The summed E-state index contributed by atoms with van der Waals surface area (Å²) >= 11 is 0. The number of rotatable bonds is 2. The minimum Gasteiger partial charge on any atom is -0.107 e. The molecule has 0 radical (unpaired) electrons. The van der Waals surface area contributed by atoms with Crippen molar-refractivity contribution in [2.75, 3.05) is 0 Å². The Bertz CT molecular complexity index is 130. The van der Waals surface area contributed by atoms with Gasteiger partial charge < -0.3 is 0 Å². The quantitative estimate of drug-likeness (QED) is 0.554. The minimum absolute atomic E-state index is 0. The lowest BCUT2D eigenvalue weighted by Crippen LogP contribution is -2.18. The fraction of sp³-hybridized carbons (Fsp3) is 0.500. The lowest BCUT2D eigenvalue weighted by atomic mass is 10.4. The Hall–Kier alpha value is -0.0862. The molecule has 0 heterocycles. The van der Waals surface area contributed by atoms with E-state index in [1.54, 1.807) is 0 Å². The highest BCUT2D eigenvalue weighted by Gasteiger charge is 2.10. The summed E-state index contributed by atoms with van der Waals surface area (Å²) in [5.41, 5.74) is 5.85. The van der Waals surface area contributed by atoms with Gasteiger partial charge in [0.1, 0.15) is 0 Å². The molecule has 0 aliphatic rings. The van der Waals surface area contributed by atoms with Gasteiger partial charge in [-0.2, -0.15) is 0 Å². The molecule has 0 atom stereocenters. The summed E-state index contributed by atoms with van der Waals surface area (Å²) < 4.78 is 0. The van der Waals surface area contributed by atoms with E-state index in [4.69, 9.17) is 0 Å². The summed E-state index contributed by atoms with van der Waals surface area (Å²) in [4.78, 5) is 0. The molecule has 0 fully saturated rings. The zero-order valence-electron chi connectivity index (χ0n) is 6.86. The highest BCUT2D eigenvalue weighted by atomic mass is 28.3. The Labute approximate surface area is 70.1 Å². The van der Waals surface area contributed by atoms with E-state index in [-0.39, 0.29) is 11.0 Å². The molecule has 0 saturated heterocycles. The summed E-state index contributed by atoms with van der Waals surface area (Å²) in [6.07, 6.45) is 0. The molecule has 0 rings (SSSR count). The van der Waals surface area contributed by atoms with Crippen LogP contribution in [0, 0.1) is 0 Å². The maximum Gasteiger partial charge on any atom is 0.0947 e. The van der Waals surface area contributed by atoms with E-state index in [1.165, 1.54) is 5.57 Å².